The van der Waals surface area contributed by atoms with Gasteiger partial charge in [-0.2, -0.15) is 0 Å². The predicted octanol–water partition coefficient (Wildman–Crippen LogP) is 1.53. The zero-order valence-corrected chi connectivity index (χ0v) is 8.05. The van der Waals surface area contributed by atoms with E-state index in [9.17, 15) is 0 Å². The van der Waals surface area contributed by atoms with Gasteiger partial charge in [0.1, 0.15) is 0 Å². The van der Waals surface area contributed by atoms with Crippen molar-refractivity contribution in [1.82, 2.24) is 0 Å². The van der Waals surface area contributed by atoms with Gasteiger partial charge in [0.25, 0.3) is 0 Å². The van der Waals surface area contributed by atoms with E-state index in [-0.39, 0.29) is 40.6 Å². The summed E-state index contributed by atoms with van der Waals surface area (Å²) in [6.07, 6.45) is 0. The summed E-state index contributed by atoms with van der Waals surface area (Å²) in [5.41, 5.74) is 0. The molecule has 0 heterocycles. The molecule has 28 valence electrons. The first-order valence-electron chi connectivity index (χ1n) is 0.655. The second-order valence-electron chi connectivity index (χ2n) is 0.247. The molecule has 0 spiro atoms. The summed E-state index contributed by atoms with van der Waals surface area (Å²) < 4.78 is 0. The third-order valence-corrected chi connectivity index (χ3v) is 0. The Kier molecular flexibility index (Phi) is 14.1. The first kappa shape index (κ1) is 10.6. The third kappa shape index (κ3) is 20.4. The Hall–Kier alpha value is 2.66. The average molecular weight is 175 g/mol. The van der Waals surface area contributed by atoms with Crippen molar-refractivity contribution < 1.29 is 2.85 Å². The second kappa shape index (κ2) is 6.66. The fourth-order valence-corrected chi connectivity index (χ4v) is 0. The van der Waals surface area contributed by atoms with Crippen LogP contribution in [0.4, 0.5) is 0 Å². The van der Waals surface area contributed by atoms with E-state index in [2.05, 4.69) is 0 Å². The predicted molar refractivity (Wildman–Crippen MR) is 31.3 cm³/mol. The first-order chi connectivity index (χ1) is 1.73. The summed E-state index contributed by atoms with van der Waals surface area (Å²) in [7, 11) is 14.8. The molecule has 0 saturated heterocycles. The van der Waals surface area contributed by atoms with Gasteiger partial charge < -0.3 is 2.85 Å². The molecule has 0 N–H and O–H groups in total. The molecule has 0 aliphatic rings. The molecule has 0 unspecified atom stereocenters. The van der Waals surface area contributed by atoms with Crippen LogP contribution >= 0.6 is 30.1 Å². The smallest absolute Gasteiger partial charge is 1.00 e. The van der Waals surface area contributed by atoms with E-state index >= 15 is 0 Å². The Morgan fingerprint density at radius 3 is 1.20 bits per heavy atom. The maximum Gasteiger partial charge on any atom is 2.00 e. The van der Waals surface area contributed by atoms with E-state index in [4.69, 9.17) is 30.1 Å². The van der Waals surface area contributed by atoms with Crippen LogP contribution < -0.4 is 0 Å². The van der Waals surface area contributed by atoms with Crippen molar-refractivity contribution in [3.05, 3.63) is 0 Å². The number of hydrogen-bond donors (Lipinski definition) is 0. The summed E-state index contributed by atoms with van der Waals surface area (Å²) in [6, 6.07) is 0. The van der Waals surface area contributed by atoms with Crippen LogP contribution in [0.1, 0.15) is 2.85 Å². The average Bonchev–Trinajstić information content (AvgIpc) is 0.811. The van der Waals surface area contributed by atoms with Gasteiger partial charge in [-0.15, -0.1) is 0 Å². The standard InChI is InChI=1S/Al.Ca.3ClH.2H/h;;3*1H;;/q+3;+2;;;;2*-1/p-3. The van der Waals surface area contributed by atoms with Gasteiger partial charge in [-0.25, -0.2) is 30.1 Å². The number of hydrogen-bond acceptors (Lipinski definition) is 0. The number of rotatable bonds is 0. The van der Waals surface area contributed by atoms with Crippen LogP contribution in [0.25, 0.3) is 0 Å². The van der Waals surface area contributed by atoms with E-state index in [0.717, 1.165) is 0 Å². The van der Waals surface area contributed by atoms with Gasteiger partial charge in [-0.05, 0) is 0 Å². The third-order valence-electron chi connectivity index (χ3n) is 0. The normalized spacial score (nSPS) is 5.40. The maximum absolute atomic E-state index is 4.94. The van der Waals surface area contributed by atoms with Gasteiger partial charge in [0.15, 0.2) is 0 Å². The van der Waals surface area contributed by atoms with Gasteiger partial charge in [-0.1, -0.05) is 0 Å². The van der Waals surface area contributed by atoms with Gasteiger partial charge >= 0.3 is 49.1 Å². The fourth-order valence-electron chi connectivity index (χ4n) is 0. The van der Waals surface area contributed by atoms with Crippen LogP contribution in [0.3, 0.4) is 0 Å². The largest absolute Gasteiger partial charge is 2.00 e. The molecule has 0 saturated carbocycles. The van der Waals surface area contributed by atoms with Gasteiger partial charge in [0.2, 0.25) is 0 Å². The molecule has 0 rings (SSSR count). The zero-order valence-electron chi connectivity index (χ0n) is 4.42. The van der Waals surface area contributed by atoms with E-state index in [1.165, 1.54) is 0 Å². The molecule has 0 fully saturated rings. The molecule has 0 aromatic carbocycles. The SMILES string of the molecule is [Ca+2].[Cl][Al]([Cl])[Cl].[H-].[H-]. The molecule has 5 heavy (non-hydrogen) atoms. The Morgan fingerprint density at radius 2 is 1.20 bits per heavy atom. The van der Waals surface area contributed by atoms with Crippen LogP contribution in [0.2, 0.25) is 0 Å². The fraction of sp³-hybridized carbons (Fsp3) is 0. The summed E-state index contributed by atoms with van der Waals surface area (Å²) in [6.45, 7) is 0. The van der Waals surface area contributed by atoms with Crippen LogP contribution in [0.15, 0.2) is 0 Å². The van der Waals surface area contributed by atoms with Crippen molar-refractivity contribution in [2.45, 2.75) is 0 Å². The molecule has 0 aromatic heterocycles. The molecule has 0 aliphatic carbocycles. The molecule has 0 bridgehead atoms. The molecule has 0 aliphatic heterocycles. The molecule has 5 heteroatoms. The molecule has 0 aromatic rings. The van der Waals surface area contributed by atoms with Crippen LogP contribution in [0, 0.1) is 0 Å². The van der Waals surface area contributed by atoms with Gasteiger partial charge in [-0.3, -0.25) is 0 Å². The molecular weight excluding hydrogens is 173 g/mol. The minimum Gasteiger partial charge on any atom is -1.00 e. The number of halogens is 3. The van der Waals surface area contributed by atoms with E-state index in [0.29, 0.717) is 0 Å². The van der Waals surface area contributed by atoms with Crippen molar-refractivity contribution in [1.29, 1.82) is 0 Å². The van der Waals surface area contributed by atoms with Crippen molar-refractivity contribution in [2.75, 3.05) is 0 Å². The monoisotopic (exact) mass is 174 g/mol. The maximum atomic E-state index is 4.94. The molecule has 0 nitrogen and oxygen atoms in total. The van der Waals surface area contributed by atoms with E-state index in [1.54, 1.807) is 0 Å². The summed E-state index contributed by atoms with van der Waals surface area (Å²) in [5.74, 6) is 0. The van der Waals surface area contributed by atoms with E-state index in [1.807, 2.05) is 0 Å². The minimum atomic E-state index is -1.72. The van der Waals surface area contributed by atoms with Gasteiger partial charge in [0, 0.05) is 0 Å². The molecule has 0 atom stereocenters. The first-order valence-corrected chi connectivity index (χ1v) is 5.89. The Balaban J connectivity index is -0.0000000150. The molecular formula is H2AlCaCl3. The summed E-state index contributed by atoms with van der Waals surface area (Å²) in [5, 5.41) is 0. The molecule has 0 amide bonds. The van der Waals surface area contributed by atoms with E-state index < -0.39 is 11.4 Å². The summed E-state index contributed by atoms with van der Waals surface area (Å²) >= 11 is -1.72. The summed E-state index contributed by atoms with van der Waals surface area (Å²) in [4.78, 5) is 0. The van der Waals surface area contributed by atoms with Crippen molar-refractivity contribution in [2.24, 2.45) is 0 Å². The van der Waals surface area contributed by atoms with Crippen LogP contribution in [0.5, 0.6) is 0 Å². The second-order valence-corrected chi connectivity index (χ2v) is 6.68. The Labute approximate surface area is 80.7 Å². The topological polar surface area (TPSA) is 0 Å². The van der Waals surface area contributed by atoms with Crippen molar-refractivity contribution in [3.8, 4) is 0 Å². The Morgan fingerprint density at radius 1 is 1.20 bits per heavy atom. The van der Waals surface area contributed by atoms with Crippen molar-refractivity contribution >= 4 is 79.3 Å². The quantitative estimate of drug-likeness (QED) is 0.490. The van der Waals surface area contributed by atoms with Crippen molar-refractivity contribution in [3.63, 3.8) is 0 Å². The van der Waals surface area contributed by atoms with Crippen LogP contribution in [-0.2, 0) is 0 Å². The molecule has 0 radical (unpaired) electrons. The van der Waals surface area contributed by atoms with Gasteiger partial charge in [0.05, 0.1) is 0 Å². The zero-order chi connectivity index (χ0) is 3.58. The van der Waals surface area contributed by atoms with Crippen LogP contribution in [-0.4, -0.2) is 49.1 Å². The minimum absolute atomic E-state index is 0. The Bertz CT molecular complexity index is 17.7.